The first-order chi connectivity index (χ1) is 8.58. The van der Waals surface area contributed by atoms with Crippen molar-refractivity contribution in [1.82, 2.24) is 0 Å². The highest BCUT2D eigenvalue weighted by atomic mass is 35.5. The molecule has 0 fully saturated rings. The predicted molar refractivity (Wildman–Crippen MR) is 71.5 cm³/mol. The van der Waals surface area contributed by atoms with Gasteiger partial charge in [0, 0.05) is 11.4 Å². The summed E-state index contributed by atoms with van der Waals surface area (Å²) in [4.78, 5) is 0. The molecule has 0 aliphatic heterocycles. The van der Waals surface area contributed by atoms with Gasteiger partial charge in [0.05, 0.1) is 11.1 Å². The van der Waals surface area contributed by atoms with Gasteiger partial charge in [0.2, 0.25) is 0 Å². The van der Waals surface area contributed by atoms with Crippen LogP contribution in [0.25, 0.3) is 0 Å². The average molecular weight is 285 g/mol. The second kappa shape index (κ2) is 5.70. The third-order valence-electron chi connectivity index (χ3n) is 2.70. The molecular weight excluding hydrogens is 274 g/mol. The van der Waals surface area contributed by atoms with E-state index in [0.29, 0.717) is 17.0 Å². The molecule has 0 amide bonds. The Hall–Kier alpha value is -1.09. The van der Waals surface area contributed by atoms with Crippen molar-refractivity contribution in [3.8, 4) is 0 Å². The van der Waals surface area contributed by atoms with Crippen molar-refractivity contribution in [2.75, 3.05) is 0 Å². The molecule has 0 radical (unpaired) electrons. The van der Waals surface area contributed by atoms with Gasteiger partial charge in [-0.05, 0) is 29.3 Å². The maximum Gasteiger partial charge on any atom is 0.141 e. The molecule has 0 spiro atoms. The predicted octanol–water partition coefficient (Wildman–Crippen LogP) is 4.41. The normalized spacial score (nSPS) is 12.4. The molecule has 2 aromatic carbocycles. The van der Waals surface area contributed by atoms with Crippen molar-refractivity contribution in [2.24, 2.45) is 0 Å². The van der Waals surface area contributed by atoms with E-state index >= 15 is 0 Å². The van der Waals surface area contributed by atoms with Crippen molar-refractivity contribution in [3.05, 3.63) is 69.5 Å². The minimum absolute atomic E-state index is 0.00529. The number of hydrogen-bond acceptors (Lipinski definition) is 1. The molecule has 1 atom stereocenters. The van der Waals surface area contributed by atoms with Gasteiger partial charge in [0.25, 0.3) is 0 Å². The largest absolute Gasteiger partial charge is 0.388 e. The minimum atomic E-state index is -0.761. The number of benzene rings is 2. The summed E-state index contributed by atoms with van der Waals surface area (Å²) >= 11 is 11.7. The average Bonchev–Trinajstić information content (AvgIpc) is 2.35. The smallest absolute Gasteiger partial charge is 0.141 e. The lowest BCUT2D eigenvalue weighted by Crippen LogP contribution is -2.02. The number of halogens is 3. The summed E-state index contributed by atoms with van der Waals surface area (Å²) in [5.41, 5.74) is 1.41. The van der Waals surface area contributed by atoms with Gasteiger partial charge in [0.15, 0.2) is 0 Å². The Morgan fingerprint density at radius 1 is 1.06 bits per heavy atom. The molecule has 0 bridgehead atoms. The zero-order valence-electron chi connectivity index (χ0n) is 9.41. The fourth-order valence-electron chi connectivity index (χ4n) is 1.71. The first-order valence-electron chi connectivity index (χ1n) is 5.44. The molecule has 0 saturated heterocycles. The molecule has 0 heterocycles. The Bertz CT molecular complexity index is 557. The molecule has 4 heteroatoms. The molecule has 1 nitrogen and oxygen atoms in total. The Labute approximate surface area is 115 Å². The van der Waals surface area contributed by atoms with Crippen LogP contribution in [0.1, 0.15) is 17.2 Å². The van der Waals surface area contributed by atoms with Crippen molar-refractivity contribution in [1.29, 1.82) is 0 Å². The van der Waals surface area contributed by atoms with E-state index in [1.165, 1.54) is 18.2 Å². The third-order valence-corrected chi connectivity index (χ3v) is 3.36. The fraction of sp³-hybridized carbons (Fsp3) is 0.143. The van der Waals surface area contributed by atoms with Crippen LogP contribution in [-0.2, 0) is 6.42 Å². The van der Waals surface area contributed by atoms with E-state index in [0.717, 1.165) is 5.56 Å². The summed E-state index contributed by atoms with van der Waals surface area (Å²) < 4.78 is 13.0. The summed E-state index contributed by atoms with van der Waals surface area (Å²) in [6, 6.07) is 11.5. The molecule has 1 unspecified atom stereocenters. The van der Waals surface area contributed by atoms with Crippen molar-refractivity contribution < 1.29 is 9.50 Å². The van der Waals surface area contributed by atoms with Crippen molar-refractivity contribution in [2.45, 2.75) is 12.5 Å². The van der Waals surface area contributed by atoms with E-state index < -0.39 is 11.9 Å². The Kier molecular flexibility index (Phi) is 4.23. The van der Waals surface area contributed by atoms with E-state index in [4.69, 9.17) is 23.2 Å². The minimum Gasteiger partial charge on any atom is -0.388 e. The fourth-order valence-corrected chi connectivity index (χ4v) is 2.11. The summed E-state index contributed by atoms with van der Waals surface area (Å²) in [5.74, 6) is -0.495. The van der Waals surface area contributed by atoms with E-state index in [-0.39, 0.29) is 5.02 Å². The first-order valence-corrected chi connectivity index (χ1v) is 6.20. The van der Waals surface area contributed by atoms with Crippen LogP contribution >= 0.6 is 23.2 Å². The van der Waals surface area contributed by atoms with Gasteiger partial charge in [-0.25, -0.2) is 4.39 Å². The van der Waals surface area contributed by atoms with Gasteiger partial charge in [-0.2, -0.15) is 0 Å². The lowest BCUT2D eigenvalue weighted by molar-refractivity contribution is 0.178. The Morgan fingerprint density at radius 2 is 1.78 bits per heavy atom. The lowest BCUT2D eigenvalue weighted by atomic mass is 10.0. The summed E-state index contributed by atoms with van der Waals surface area (Å²) in [6.45, 7) is 0. The monoisotopic (exact) mass is 284 g/mol. The number of rotatable bonds is 3. The summed E-state index contributed by atoms with van der Waals surface area (Å²) in [7, 11) is 0. The first kappa shape index (κ1) is 13.3. The van der Waals surface area contributed by atoms with Crippen LogP contribution < -0.4 is 0 Å². The van der Waals surface area contributed by atoms with E-state index in [9.17, 15) is 9.50 Å². The molecule has 2 aromatic rings. The van der Waals surface area contributed by atoms with Crippen molar-refractivity contribution in [3.63, 3.8) is 0 Å². The van der Waals surface area contributed by atoms with Gasteiger partial charge in [-0.15, -0.1) is 0 Å². The highest BCUT2D eigenvalue weighted by molar-refractivity contribution is 6.31. The van der Waals surface area contributed by atoms with Crippen LogP contribution in [0.2, 0.25) is 10.0 Å². The van der Waals surface area contributed by atoms with Gasteiger partial charge in [0.1, 0.15) is 5.82 Å². The molecule has 0 aliphatic carbocycles. The third kappa shape index (κ3) is 3.02. The second-order valence-corrected chi connectivity index (χ2v) is 4.80. The zero-order valence-corrected chi connectivity index (χ0v) is 10.9. The molecule has 18 heavy (non-hydrogen) atoms. The van der Waals surface area contributed by atoms with E-state index in [1.54, 1.807) is 6.07 Å². The Balaban J connectivity index is 2.19. The molecule has 94 valence electrons. The lowest BCUT2D eigenvalue weighted by Gasteiger charge is -2.12. The molecule has 0 aliphatic rings. The van der Waals surface area contributed by atoms with Crippen LogP contribution in [0.15, 0.2) is 42.5 Å². The molecule has 0 aromatic heterocycles. The van der Waals surface area contributed by atoms with Crippen LogP contribution in [-0.4, -0.2) is 5.11 Å². The Morgan fingerprint density at radius 3 is 2.44 bits per heavy atom. The van der Waals surface area contributed by atoms with Crippen LogP contribution in [0.4, 0.5) is 4.39 Å². The summed E-state index contributed by atoms with van der Waals surface area (Å²) in [6.07, 6.45) is -0.398. The van der Waals surface area contributed by atoms with Crippen molar-refractivity contribution >= 4 is 23.2 Å². The van der Waals surface area contributed by atoms with E-state index in [1.807, 2.05) is 18.2 Å². The summed E-state index contributed by atoms with van der Waals surface area (Å²) in [5, 5.41) is 10.7. The maximum absolute atomic E-state index is 13.0. The SMILES string of the molecule is OC(Cc1ccccc1Cl)c1ccc(F)c(Cl)c1. The maximum atomic E-state index is 13.0. The van der Waals surface area contributed by atoms with E-state index in [2.05, 4.69) is 0 Å². The number of aliphatic hydroxyl groups excluding tert-OH is 1. The van der Waals surface area contributed by atoms with Gasteiger partial charge in [-0.3, -0.25) is 0 Å². The molecule has 0 saturated carbocycles. The van der Waals surface area contributed by atoms with Crippen LogP contribution in [0, 0.1) is 5.82 Å². The van der Waals surface area contributed by atoms with Gasteiger partial charge >= 0.3 is 0 Å². The van der Waals surface area contributed by atoms with Gasteiger partial charge < -0.3 is 5.11 Å². The van der Waals surface area contributed by atoms with Crippen LogP contribution in [0.5, 0.6) is 0 Å². The highest BCUT2D eigenvalue weighted by Crippen LogP contribution is 2.26. The zero-order chi connectivity index (χ0) is 13.1. The molecule has 1 N–H and O–H groups in total. The topological polar surface area (TPSA) is 20.2 Å². The highest BCUT2D eigenvalue weighted by Gasteiger charge is 2.12. The van der Waals surface area contributed by atoms with Crippen LogP contribution in [0.3, 0.4) is 0 Å². The molecule has 2 rings (SSSR count). The number of hydrogen-bond donors (Lipinski definition) is 1. The standard InChI is InChI=1S/C14H11Cl2FO/c15-11-4-2-1-3-9(11)8-14(18)10-5-6-13(17)12(16)7-10/h1-7,14,18H,8H2. The second-order valence-electron chi connectivity index (χ2n) is 3.98. The number of aliphatic hydroxyl groups is 1. The molecular formula is C14H11Cl2FO. The quantitative estimate of drug-likeness (QED) is 0.885. The van der Waals surface area contributed by atoms with Gasteiger partial charge in [-0.1, -0.05) is 47.5 Å².